The zero-order valence-corrected chi connectivity index (χ0v) is 17.6. The van der Waals surface area contributed by atoms with Crippen LogP contribution < -0.4 is 10.0 Å². The second-order valence-corrected chi connectivity index (χ2v) is 10.1. The summed E-state index contributed by atoms with van der Waals surface area (Å²) in [4.78, 5) is 11.5. The van der Waals surface area contributed by atoms with Gasteiger partial charge in [-0.1, -0.05) is 48.6 Å². The Balaban J connectivity index is 1.47. The molecule has 1 fully saturated rings. The van der Waals surface area contributed by atoms with E-state index in [9.17, 15) is 18.3 Å². The molecule has 0 spiro atoms. The minimum absolute atomic E-state index is 0.0220. The van der Waals surface area contributed by atoms with Crippen molar-refractivity contribution in [2.45, 2.75) is 29.4 Å². The Labute approximate surface area is 180 Å². The molecular weight excluding hydrogens is 424 g/mol. The first-order chi connectivity index (χ1) is 14.3. The summed E-state index contributed by atoms with van der Waals surface area (Å²) in [6.07, 6.45) is 6.90. The van der Waals surface area contributed by atoms with Gasteiger partial charge in [-0.15, -0.1) is 11.6 Å². The maximum absolute atomic E-state index is 12.8. The van der Waals surface area contributed by atoms with Crippen LogP contribution >= 0.6 is 11.6 Å². The summed E-state index contributed by atoms with van der Waals surface area (Å²) in [5, 5.41) is 12.3. The maximum Gasteiger partial charge on any atom is 0.249 e. The van der Waals surface area contributed by atoms with Gasteiger partial charge in [0.25, 0.3) is 0 Å². The number of aromatic hydroxyl groups is 1. The number of carbonyl (C=O) groups is 1. The lowest BCUT2D eigenvalue weighted by Gasteiger charge is -2.25. The predicted octanol–water partition coefficient (Wildman–Crippen LogP) is 4.26. The topological polar surface area (TPSA) is 95.5 Å². The first kappa shape index (κ1) is 20.5. The van der Waals surface area contributed by atoms with E-state index >= 15 is 0 Å². The Bertz CT molecular complexity index is 1140. The molecule has 30 heavy (non-hydrogen) atoms. The molecule has 8 heteroatoms. The number of alkyl halides is 1. The SMILES string of the molecule is O=C(Nc1ccc(O)c(NS(=O)(=O)C2CC2)c1)C1(Cl)C=CC(c2ccccc2)=CC1. The molecule has 0 aliphatic heterocycles. The number of hydrogen-bond donors (Lipinski definition) is 3. The molecule has 0 heterocycles. The number of carbonyl (C=O) groups excluding carboxylic acids is 1. The molecule has 1 amide bonds. The predicted molar refractivity (Wildman–Crippen MR) is 119 cm³/mol. The van der Waals surface area contributed by atoms with E-state index in [1.807, 2.05) is 42.5 Å². The van der Waals surface area contributed by atoms with Crippen LogP contribution in [0.1, 0.15) is 24.8 Å². The van der Waals surface area contributed by atoms with Crippen molar-refractivity contribution in [2.24, 2.45) is 0 Å². The third-order valence-corrected chi connectivity index (χ3v) is 7.41. The summed E-state index contributed by atoms with van der Waals surface area (Å²) in [5.41, 5.74) is 2.38. The fourth-order valence-electron chi connectivity index (χ4n) is 3.17. The average Bonchev–Trinajstić information content (AvgIpc) is 3.58. The zero-order chi connectivity index (χ0) is 21.4. The largest absolute Gasteiger partial charge is 0.506 e. The Morgan fingerprint density at radius 3 is 2.50 bits per heavy atom. The molecule has 0 radical (unpaired) electrons. The molecule has 2 aromatic rings. The summed E-state index contributed by atoms with van der Waals surface area (Å²) >= 11 is 6.55. The molecule has 0 bridgehead atoms. The lowest BCUT2D eigenvalue weighted by molar-refractivity contribution is -0.117. The van der Waals surface area contributed by atoms with Gasteiger partial charge in [0, 0.05) is 5.69 Å². The number of benzene rings is 2. The maximum atomic E-state index is 12.8. The van der Waals surface area contributed by atoms with Crippen LogP contribution in [0.25, 0.3) is 5.57 Å². The molecule has 0 aromatic heterocycles. The van der Waals surface area contributed by atoms with Gasteiger partial charge in [0.15, 0.2) is 0 Å². The van der Waals surface area contributed by atoms with Gasteiger partial charge in [-0.25, -0.2) is 8.42 Å². The van der Waals surface area contributed by atoms with Gasteiger partial charge in [-0.3, -0.25) is 9.52 Å². The van der Waals surface area contributed by atoms with Crippen LogP contribution in [-0.4, -0.2) is 29.6 Å². The highest BCUT2D eigenvalue weighted by Gasteiger charge is 2.37. The Kier molecular flexibility index (Phi) is 5.34. The molecular formula is C22H21ClN2O4S. The van der Waals surface area contributed by atoms with Crippen LogP contribution in [0.4, 0.5) is 11.4 Å². The monoisotopic (exact) mass is 444 g/mol. The van der Waals surface area contributed by atoms with Gasteiger partial charge in [0.05, 0.1) is 10.9 Å². The molecule has 2 aromatic carbocycles. The van der Waals surface area contributed by atoms with Crippen molar-refractivity contribution in [1.82, 2.24) is 0 Å². The lowest BCUT2D eigenvalue weighted by atomic mass is 9.91. The highest BCUT2D eigenvalue weighted by Crippen LogP contribution is 2.35. The van der Waals surface area contributed by atoms with E-state index in [1.165, 1.54) is 18.2 Å². The number of allylic oxidation sites excluding steroid dienone is 3. The lowest BCUT2D eigenvalue weighted by Crippen LogP contribution is -2.36. The van der Waals surface area contributed by atoms with Gasteiger partial charge in [0.2, 0.25) is 15.9 Å². The fraction of sp³-hybridized carbons (Fsp3) is 0.227. The molecule has 1 unspecified atom stereocenters. The number of hydrogen-bond acceptors (Lipinski definition) is 4. The van der Waals surface area contributed by atoms with Crippen molar-refractivity contribution in [3.63, 3.8) is 0 Å². The van der Waals surface area contributed by atoms with Crippen LogP contribution in [0.2, 0.25) is 0 Å². The summed E-state index contributed by atoms with van der Waals surface area (Å²) < 4.78 is 26.7. The zero-order valence-electron chi connectivity index (χ0n) is 16.0. The van der Waals surface area contributed by atoms with E-state index in [0.29, 0.717) is 24.9 Å². The van der Waals surface area contributed by atoms with Gasteiger partial charge in [-0.2, -0.15) is 0 Å². The molecule has 2 aliphatic rings. The molecule has 0 saturated heterocycles. The summed E-state index contributed by atoms with van der Waals surface area (Å²) in [6, 6.07) is 14.0. The second kappa shape index (κ2) is 7.81. The average molecular weight is 445 g/mol. The van der Waals surface area contributed by atoms with E-state index in [2.05, 4.69) is 10.0 Å². The second-order valence-electron chi connectivity index (χ2n) is 7.46. The van der Waals surface area contributed by atoms with Crippen molar-refractivity contribution in [2.75, 3.05) is 10.0 Å². The van der Waals surface area contributed by atoms with Gasteiger partial charge >= 0.3 is 0 Å². The quantitative estimate of drug-likeness (QED) is 0.352. The first-order valence-electron chi connectivity index (χ1n) is 9.57. The third-order valence-electron chi connectivity index (χ3n) is 5.10. The standard InChI is InChI=1S/C22H21ClN2O4S/c23-22(12-10-16(11-13-22)15-4-2-1-3-5-15)21(27)24-17-6-9-20(26)19(14-17)25-30(28,29)18-7-8-18/h1-6,9-12,14,18,25-26H,7-8,13H2,(H,24,27). The highest BCUT2D eigenvalue weighted by atomic mass is 35.5. The van der Waals surface area contributed by atoms with Crippen molar-refractivity contribution in [3.05, 3.63) is 72.3 Å². The Morgan fingerprint density at radius 2 is 1.87 bits per heavy atom. The van der Waals surface area contributed by atoms with Crippen LogP contribution in [0.5, 0.6) is 5.75 Å². The van der Waals surface area contributed by atoms with E-state index in [4.69, 9.17) is 11.6 Å². The summed E-state index contributed by atoms with van der Waals surface area (Å²) in [6.45, 7) is 0. The van der Waals surface area contributed by atoms with Crippen molar-refractivity contribution >= 4 is 44.5 Å². The Hall–Kier alpha value is -2.77. The highest BCUT2D eigenvalue weighted by molar-refractivity contribution is 7.93. The Morgan fingerprint density at radius 1 is 1.13 bits per heavy atom. The van der Waals surface area contributed by atoms with E-state index in [-0.39, 0.29) is 11.4 Å². The summed E-state index contributed by atoms with van der Waals surface area (Å²) in [7, 11) is -3.54. The summed E-state index contributed by atoms with van der Waals surface area (Å²) in [5.74, 6) is -0.656. The number of phenolic OH excluding ortho intramolecular Hbond substituents is 1. The van der Waals surface area contributed by atoms with Crippen LogP contribution in [0, 0.1) is 0 Å². The van der Waals surface area contributed by atoms with E-state index in [1.54, 1.807) is 6.08 Å². The molecule has 156 valence electrons. The molecule has 1 atom stereocenters. The van der Waals surface area contributed by atoms with Gasteiger partial charge < -0.3 is 10.4 Å². The molecule has 6 nitrogen and oxygen atoms in total. The van der Waals surface area contributed by atoms with Crippen LogP contribution in [0.3, 0.4) is 0 Å². The molecule has 3 N–H and O–H groups in total. The van der Waals surface area contributed by atoms with Crippen molar-refractivity contribution < 1.29 is 18.3 Å². The first-order valence-corrected chi connectivity index (χ1v) is 11.5. The van der Waals surface area contributed by atoms with Crippen molar-refractivity contribution in [1.29, 1.82) is 0 Å². The van der Waals surface area contributed by atoms with Gasteiger partial charge in [-0.05, 0) is 48.6 Å². The normalized spacial score (nSPS) is 21.0. The number of amides is 1. The number of rotatable bonds is 6. The van der Waals surface area contributed by atoms with Gasteiger partial charge in [0.1, 0.15) is 10.6 Å². The fourth-order valence-corrected chi connectivity index (χ4v) is 4.76. The molecule has 4 rings (SSSR count). The number of sulfonamides is 1. The molecule has 2 aliphatic carbocycles. The van der Waals surface area contributed by atoms with E-state index in [0.717, 1.165) is 11.1 Å². The molecule has 1 saturated carbocycles. The van der Waals surface area contributed by atoms with E-state index < -0.39 is 26.1 Å². The third kappa shape index (κ3) is 4.37. The minimum atomic E-state index is -3.54. The number of anilines is 2. The van der Waals surface area contributed by atoms with Crippen LogP contribution in [-0.2, 0) is 14.8 Å². The number of nitrogens with one attached hydrogen (secondary N) is 2. The number of halogens is 1. The smallest absolute Gasteiger partial charge is 0.249 e. The number of phenols is 1. The van der Waals surface area contributed by atoms with Crippen molar-refractivity contribution in [3.8, 4) is 5.75 Å². The minimum Gasteiger partial charge on any atom is -0.506 e. The van der Waals surface area contributed by atoms with Crippen LogP contribution in [0.15, 0.2) is 66.8 Å².